The van der Waals surface area contributed by atoms with E-state index in [9.17, 15) is 4.79 Å². The Morgan fingerprint density at radius 3 is 2.40 bits per heavy atom. The Kier molecular flexibility index (Phi) is 3.29. The first kappa shape index (κ1) is 10.9. The van der Waals surface area contributed by atoms with Gasteiger partial charge < -0.3 is 10.6 Å². The van der Waals surface area contributed by atoms with E-state index in [1.807, 2.05) is 7.05 Å². The maximum Gasteiger partial charge on any atom is 0.227 e. The van der Waals surface area contributed by atoms with Gasteiger partial charge in [-0.3, -0.25) is 4.79 Å². The highest BCUT2D eigenvalue weighted by Gasteiger charge is 2.43. The molecule has 15 heavy (non-hydrogen) atoms. The quantitative estimate of drug-likeness (QED) is 0.737. The lowest BCUT2D eigenvalue weighted by Gasteiger charge is -2.40. The molecule has 0 aromatic heterocycles. The minimum atomic E-state index is -0.0721. The van der Waals surface area contributed by atoms with E-state index in [0.29, 0.717) is 11.9 Å². The largest absolute Gasteiger partial charge is 0.353 e. The molecule has 2 aliphatic carbocycles. The average Bonchev–Trinajstić information content (AvgIpc) is 2.63. The van der Waals surface area contributed by atoms with Gasteiger partial charge in [-0.15, -0.1) is 0 Å². The Hall–Kier alpha value is -0.570. The fourth-order valence-electron chi connectivity index (χ4n) is 2.83. The Morgan fingerprint density at radius 1 is 1.27 bits per heavy atom. The molecule has 3 heteroatoms. The molecule has 0 unspecified atom stereocenters. The van der Waals surface area contributed by atoms with Gasteiger partial charge in [-0.05, 0) is 32.7 Å². The monoisotopic (exact) mass is 210 g/mol. The molecule has 0 saturated heterocycles. The number of carbonyl (C=O) groups is 1. The third-order valence-corrected chi connectivity index (χ3v) is 4.00. The molecule has 0 bridgehead atoms. The molecule has 1 amide bonds. The van der Waals surface area contributed by atoms with Crippen molar-refractivity contribution in [3.05, 3.63) is 0 Å². The number of nitrogens with one attached hydrogen (secondary N) is 2. The Labute approximate surface area is 92.0 Å². The fourth-order valence-corrected chi connectivity index (χ4v) is 2.83. The van der Waals surface area contributed by atoms with E-state index in [-0.39, 0.29) is 5.41 Å². The summed E-state index contributed by atoms with van der Waals surface area (Å²) in [7, 11) is 1.93. The van der Waals surface area contributed by atoms with Crippen LogP contribution in [-0.2, 0) is 4.79 Å². The summed E-state index contributed by atoms with van der Waals surface area (Å²) < 4.78 is 0. The van der Waals surface area contributed by atoms with Gasteiger partial charge >= 0.3 is 0 Å². The summed E-state index contributed by atoms with van der Waals surface area (Å²) in [4.78, 5) is 12.1. The third-order valence-electron chi connectivity index (χ3n) is 4.00. The number of amides is 1. The lowest BCUT2D eigenvalue weighted by Crippen LogP contribution is -2.52. The molecule has 2 saturated carbocycles. The van der Waals surface area contributed by atoms with Crippen molar-refractivity contribution >= 4 is 5.91 Å². The van der Waals surface area contributed by atoms with Gasteiger partial charge in [0, 0.05) is 12.6 Å². The summed E-state index contributed by atoms with van der Waals surface area (Å²) in [5.74, 6) is 0.301. The third kappa shape index (κ3) is 2.17. The first-order valence-electron chi connectivity index (χ1n) is 6.22. The van der Waals surface area contributed by atoms with Crippen LogP contribution < -0.4 is 10.6 Å². The molecule has 0 spiro atoms. The smallest absolute Gasteiger partial charge is 0.227 e. The number of hydrogen-bond acceptors (Lipinski definition) is 2. The average molecular weight is 210 g/mol. The zero-order valence-electron chi connectivity index (χ0n) is 9.64. The highest BCUT2D eigenvalue weighted by molar-refractivity contribution is 5.84. The van der Waals surface area contributed by atoms with Crippen molar-refractivity contribution in [1.29, 1.82) is 0 Å². The van der Waals surface area contributed by atoms with E-state index in [0.717, 1.165) is 19.4 Å². The molecular formula is C12H22N2O. The van der Waals surface area contributed by atoms with E-state index < -0.39 is 0 Å². The highest BCUT2D eigenvalue weighted by Crippen LogP contribution is 2.40. The second-order valence-electron chi connectivity index (χ2n) is 5.12. The summed E-state index contributed by atoms with van der Waals surface area (Å²) >= 11 is 0. The van der Waals surface area contributed by atoms with Crippen molar-refractivity contribution in [2.45, 2.75) is 51.0 Å². The first-order valence-corrected chi connectivity index (χ1v) is 6.22. The van der Waals surface area contributed by atoms with Crippen LogP contribution in [-0.4, -0.2) is 25.5 Å². The van der Waals surface area contributed by atoms with Crippen LogP contribution in [0.5, 0.6) is 0 Å². The van der Waals surface area contributed by atoms with Gasteiger partial charge in [0.2, 0.25) is 5.91 Å². The molecule has 2 fully saturated rings. The Balaban J connectivity index is 1.87. The Morgan fingerprint density at radius 2 is 1.93 bits per heavy atom. The van der Waals surface area contributed by atoms with Crippen LogP contribution in [0, 0.1) is 5.41 Å². The van der Waals surface area contributed by atoms with Gasteiger partial charge in [0.15, 0.2) is 0 Å². The van der Waals surface area contributed by atoms with Crippen molar-refractivity contribution in [3.8, 4) is 0 Å². The fraction of sp³-hybridized carbons (Fsp3) is 0.917. The van der Waals surface area contributed by atoms with Crippen LogP contribution in [0.4, 0.5) is 0 Å². The zero-order valence-corrected chi connectivity index (χ0v) is 9.64. The lowest BCUT2D eigenvalue weighted by molar-refractivity contribution is -0.136. The molecule has 0 aliphatic heterocycles. The first-order chi connectivity index (χ1) is 7.27. The van der Waals surface area contributed by atoms with Gasteiger partial charge in [0.1, 0.15) is 0 Å². The lowest BCUT2D eigenvalue weighted by atomic mass is 9.68. The number of rotatable bonds is 4. The second kappa shape index (κ2) is 4.52. The van der Waals surface area contributed by atoms with Crippen LogP contribution in [0.2, 0.25) is 0 Å². The SMILES string of the molecule is CNCC1(C(=O)NC2CCCC2)CCC1. The summed E-state index contributed by atoms with van der Waals surface area (Å²) in [6.45, 7) is 0.839. The Bertz CT molecular complexity index is 230. The molecule has 0 aromatic rings. The summed E-state index contributed by atoms with van der Waals surface area (Å²) in [5, 5.41) is 6.38. The molecule has 0 radical (unpaired) electrons. The van der Waals surface area contributed by atoms with Gasteiger partial charge in [-0.25, -0.2) is 0 Å². The molecule has 0 heterocycles. The van der Waals surface area contributed by atoms with E-state index in [1.165, 1.54) is 32.1 Å². The van der Waals surface area contributed by atoms with Crippen LogP contribution in [0.1, 0.15) is 44.9 Å². The molecular weight excluding hydrogens is 188 g/mol. The zero-order chi connectivity index (χ0) is 10.7. The van der Waals surface area contributed by atoms with E-state index in [4.69, 9.17) is 0 Å². The van der Waals surface area contributed by atoms with Crippen LogP contribution in [0.15, 0.2) is 0 Å². The molecule has 2 aliphatic rings. The molecule has 3 nitrogen and oxygen atoms in total. The van der Waals surface area contributed by atoms with Crippen LogP contribution in [0.3, 0.4) is 0 Å². The number of hydrogen-bond donors (Lipinski definition) is 2. The van der Waals surface area contributed by atoms with Gasteiger partial charge in [0.25, 0.3) is 0 Å². The molecule has 0 atom stereocenters. The van der Waals surface area contributed by atoms with Crippen LogP contribution >= 0.6 is 0 Å². The summed E-state index contributed by atoms with van der Waals surface area (Å²) in [6, 6.07) is 0.465. The standard InChI is InChI=1S/C12H22N2O/c1-13-9-12(7-4-8-12)11(15)14-10-5-2-3-6-10/h10,13H,2-9H2,1H3,(H,14,15). The maximum absolute atomic E-state index is 12.1. The number of carbonyl (C=O) groups excluding carboxylic acids is 1. The summed E-state index contributed by atoms with van der Waals surface area (Å²) in [5.41, 5.74) is -0.0721. The van der Waals surface area contributed by atoms with E-state index >= 15 is 0 Å². The predicted molar refractivity (Wildman–Crippen MR) is 60.6 cm³/mol. The van der Waals surface area contributed by atoms with Crippen LogP contribution in [0.25, 0.3) is 0 Å². The molecule has 86 valence electrons. The van der Waals surface area contributed by atoms with E-state index in [1.54, 1.807) is 0 Å². The van der Waals surface area contributed by atoms with E-state index in [2.05, 4.69) is 10.6 Å². The van der Waals surface area contributed by atoms with Crippen molar-refractivity contribution in [1.82, 2.24) is 10.6 Å². The van der Waals surface area contributed by atoms with Crippen molar-refractivity contribution in [2.24, 2.45) is 5.41 Å². The highest BCUT2D eigenvalue weighted by atomic mass is 16.2. The van der Waals surface area contributed by atoms with Crippen molar-refractivity contribution < 1.29 is 4.79 Å². The minimum absolute atomic E-state index is 0.0721. The molecule has 2 rings (SSSR count). The van der Waals surface area contributed by atoms with Crippen molar-refractivity contribution in [3.63, 3.8) is 0 Å². The normalized spacial score (nSPS) is 24.9. The maximum atomic E-state index is 12.1. The topological polar surface area (TPSA) is 41.1 Å². The van der Waals surface area contributed by atoms with Gasteiger partial charge in [0.05, 0.1) is 5.41 Å². The predicted octanol–water partition coefficient (Wildman–Crippen LogP) is 1.43. The van der Waals surface area contributed by atoms with Crippen molar-refractivity contribution in [2.75, 3.05) is 13.6 Å². The second-order valence-corrected chi connectivity index (χ2v) is 5.12. The summed E-state index contributed by atoms with van der Waals surface area (Å²) in [6.07, 6.45) is 8.26. The molecule has 0 aromatic carbocycles. The molecule has 2 N–H and O–H groups in total. The van der Waals surface area contributed by atoms with Gasteiger partial charge in [-0.2, -0.15) is 0 Å². The van der Waals surface area contributed by atoms with Gasteiger partial charge in [-0.1, -0.05) is 19.3 Å². The minimum Gasteiger partial charge on any atom is -0.353 e.